The first-order valence-electron chi connectivity index (χ1n) is 10.9. The van der Waals surface area contributed by atoms with Crippen molar-refractivity contribution in [1.29, 1.82) is 0 Å². The summed E-state index contributed by atoms with van der Waals surface area (Å²) in [5.41, 5.74) is 3.18. The van der Waals surface area contributed by atoms with E-state index < -0.39 is 10.0 Å². The standard InChI is InChI=1S/C26H30N2O5S/c1-19-9-14-24(17-20(19)2)34(30,31)28(22-10-12-23(32-3)13-11-22)16-15-26(29)27-18-21-7-5-6-8-25(21)33-4/h5-14,17H,15-16,18H2,1-4H3,(H,27,29). The van der Waals surface area contributed by atoms with Gasteiger partial charge in [0.25, 0.3) is 10.0 Å². The molecule has 0 bridgehead atoms. The van der Waals surface area contributed by atoms with E-state index in [1.165, 1.54) is 4.31 Å². The average Bonchev–Trinajstić information content (AvgIpc) is 2.84. The van der Waals surface area contributed by atoms with Gasteiger partial charge in [-0.1, -0.05) is 24.3 Å². The lowest BCUT2D eigenvalue weighted by molar-refractivity contribution is -0.121. The number of para-hydroxylation sites is 1. The first-order valence-corrected chi connectivity index (χ1v) is 12.3. The Hall–Kier alpha value is -3.52. The summed E-state index contributed by atoms with van der Waals surface area (Å²) >= 11 is 0. The van der Waals surface area contributed by atoms with Gasteiger partial charge in [0.2, 0.25) is 5.91 Å². The second-order valence-corrected chi connectivity index (χ2v) is 9.72. The highest BCUT2D eigenvalue weighted by molar-refractivity contribution is 7.92. The van der Waals surface area contributed by atoms with Gasteiger partial charge in [-0.2, -0.15) is 0 Å². The van der Waals surface area contributed by atoms with E-state index in [0.29, 0.717) is 17.2 Å². The van der Waals surface area contributed by atoms with Crippen LogP contribution in [0.2, 0.25) is 0 Å². The van der Waals surface area contributed by atoms with Crippen molar-refractivity contribution in [2.75, 3.05) is 25.1 Å². The van der Waals surface area contributed by atoms with Gasteiger partial charge in [-0.05, 0) is 67.4 Å². The van der Waals surface area contributed by atoms with Gasteiger partial charge < -0.3 is 14.8 Å². The molecule has 0 heterocycles. The second-order valence-electron chi connectivity index (χ2n) is 7.86. The number of rotatable bonds is 10. The van der Waals surface area contributed by atoms with Crippen molar-refractivity contribution in [3.05, 3.63) is 83.4 Å². The van der Waals surface area contributed by atoms with Crippen LogP contribution in [0.15, 0.2) is 71.6 Å². The molecule has 0 aliphatic carbocycles. The van der Waals surface area contributed by atoms with Gasteiger partial charge in [0, 0.05) is 25.1 Å². The summed E-state index contributed by atoms with van der Waals surface area (Å²) in [5.74, 6) is 1.03. The van der Waals surface area contributed by atoms with Crippen molar-refractivity contribution in [2.24, 2.45) is 0 Å². The maximum absolute atomic E-state index is 13.6. The Morgan fingerprint density at radius 3 is 2.26 bits per heavy atom. The zero-order valence-corrected chi connectivity index (χ0v) is 20.7. The number of carbonyl (C=O) groups excluding carboxylic acids is 1. The lowest BCUT2D eigenvalue weighted by atomic mass is 10.1. The van der Waals surface area contributed by atoms with Crippen LogP contribution in [-0.2, 0) is 21.4 Å². The van der Waals surface area contributed by atoms with Gasteiger partial charge in [0.15, 0.2) is 0 Å². The van der Waals surface area contributed by atoms with Gasteiger partial charge in [-0.3, -0.25) is 9.10 Å². The summed E-state index contributed by atoms with van der Waals surface area (Å²) in [6, 6.07) is 19.2. The smallest absolute Gasteiger partial charge is 0.264 e. The van der Waals surface area contributed by atoms with E-state index in [1.807, 2.05) is 38.1 Å². The van der Waals surface area contributed by atoms with Crippen molar-refractivity contribution < 1.29 is 22.7 Å². The number of carbonyl (C=O) groups is 1. The molecule has 1 amide bonds. The van der Waals surface area contributed by atoms with Crippen LogP contribution in [0, 0.1) is 13.8 Å². The van der Waals surface area contributed by atoms with Gasteiger partial charge in [-0.15, -0.1) is 0 Å². The monoisotopic (exact) mass is 482 g/mol. The highest BCUT2D eigenvalue weighted by Gasteiger charge is 2.26. The minimum Gasteiger partial charge on any atom is -0.497 e. The molecule has 1 N–H and O–H groups in total. The van der Waals surface area contributed by atoms with Crippen molar-refractivity contribution in [3.8, 4) is 11.5 Å². The number of aryl methyl sites for hydroxylation is 2. The van der Waals surface area contributed by atoms with Crippen LogP contribution in [0.4, 0.5) is 5.69 Å². The molecule has 0 fully saturated rings. The van der Waals surface area contributed by atoms with Crippen molar-refractivity contribution >= 4 is 21.6 Å². The molecule has 34 heavy (non-hydrogen) atoms. The molecule has 8 heteroatoms. The van der Waals surface area contributed by atoms with Gasteiger partial charge in [-0.25, -0.2) is 8.42 Å². The number of benzene rings is 3. The minimum atomic E-state index is -3.89. The van der Waals surface area contributed by atoms with E-state index in [4.69, 9.17) is 9.47 Å². The van der Waals surface area contributed by atoms with E-state index in [-0.39, 0.29) is 30.3 Å². The van der Waals surface area contributed by atoms with E-state index in [9.17, 15) is 13.2 Å². The van der Waals surface area contributed by atoms with E-state index >= 15 is 0 Å². The summed E-state index contributed by atoms with van der Waals surface area (Å²) in [7, 11) is -0.773. The maximum Gasteiger partial charge on any atom is 0.264 e. The van der Waals surface area contributed by atoms with Crippen molar-refractivity contribution in [3.63, 3.8) is 0 Å². The summed E-state index contributed by atoms with van der Waals surface area (Å²) in [5, 5.41) is 2.85. The Bertz CT molecular complexity index is 1240. The predicted molar refractivity (Wildman–Crippen MR) is 133 cm³/mol. The third kappa shape index (κ3) is 5.88. The Kier molecular flexibility index (Phi) is 8.17. The summed E-state index contributed by atoms with van der Waals surface area (Å²) in [6.45, 7) is 4.07. The average molecular weight is 483 g/mol. The first-order chi connectivity index (χ1) is 16.3. The lowest BCUT2D eigenvalue weighted by Crippen LogP contribution is -2.35. The molecule has 0 saturated heterocycles. The van der Waals surface area contributed by atoms with Crippen LogP contribution in [0.3, 0.4) is 0 Å². The third-order valence-electron chi connectivity index (χ3n) is 5.64. The topological polar surface area (TPSA) is 84.9 Å². The SMILES string of the molecule is COc1ccc(N(CCC(=O)NCc2ccccc2OC)S(=O)(=O)c2ccc(C)c(C)c2)cc1. The normalized spacial score (nSPS) is 11.1. The molecule has 0 spiro atoms. The Labute approximate surface area is 201 Å². The molecule has 0 aromatic heterocycles. The van der Waals surface area contributed by atoms with E-state index in [1.54, 1.807) is 56.7 Å². The molecule has 3 aromatic carbocycles. The Morgan fingerprint density at radius 2 is 1.62 bits per heavy atom. The largest absolute Gasteiger partial charge is 0.497 e. The van der Waals surface area contributed by atoms with E-state index in [0.717, 1.165) is 16.7 Å². The van der Waals surface area contributed by atoms with Crippen LogP contribution in [0.25, 0.3) is 0 Å². The molecule has 0 saturated carbocycles. The number of nitrogens with zero attached hydrogens (tertiary/aromatic N) is 1. The number of hydrogen-bond donors (Lipinski definition) is 1. The summed E-state index contributed by atoms with van der Waals surface area (Å²) in [4.78, 5) is 12.8. The molecule has 0 aliphatic heterocycles. The Morgan fingerprint density at radius 1 is 0.912 bits per heavy atom. The van der Waals surface area contributed by atoms with Crippen molar-refractivity contribution in [1.82, 2.24) is 5.32 Å². The molecule has 7 nitrogen and oxygen atoms in total. The summed E-state index contributed by atoms with van der Waals surface area (Å²) in [6.07, 6.45) is -0.00868. The maximum atomic E-state index is 13.6. The number of hydrogen-bond acceptors (Lipinski definition) is 5. The zero-order valence-electron chi connectivity index (χ0n) is 19.9. The Balaban J connectivity index is 1.81. The minimum absolute atomic E-state index is 0.00868. The molecule has 3 aromatic rings. The van der Waals surface area contributed by atoms with E-state index in [2.05, 4.69) is 5.32 Å². The van der Waals surface area contributed by atoms with Gasteiger partial charge >= 0.3 is 0 Å². The molecule has 3 rings (SSSR count). The van der Waals surface area contributed by atoms with Crippen molar-refractivity contribution in [2.45, 2.75) is 31.7 Å². The molecule has 0 aliphatic rings. The van der Waals surface area contributed by atoms with Crippen LogP contribution in [0.1, 0.15) is 23.1 Å². The van der Waals surface area contributed by atoms with Crippen LogP contribution >= 0.6 is 0 Å². The zero-order chi connectivity index (χ0) is 24.7. The fraction of sp³-hybridized carbons (Fsp3) is 0.269. The summed E-state index contributed by atoms with van der Waals surface area (Å²) < 4.78 is 38.9. The number of nitrogens with one attached hydrogen (secondary N) is 1. The van der Waals surface area contributed by atoms with Gasteiger partial charge in [0.05, 0.1) is 24.8 Å². The fourth-order valence-corrected chi connectivity index (χ4v) is 5.02. The molecule has 180 valence electrons. The second kappa shape index (κ2) is 11.1. The molecule has 0 unspecified atom stereocenters. The molecule has 0 atom stereocenters. The molecule has 0 radical (unpaired) electrons. The quantitative estimate of drug-likeness (QED) is 0.468. The number of sulfonamides is 1. The van der Waals surface area contributed by atoms with Crippen LogP contribution in [0.5, 0.6) is 11.5 Å². The molecular formula is C26H30N2O5S. The number of anilines is 1. The highest BCUT2D eigenvalue weighted by Crippen LogP contribution is 2.27. The third-order valence-corrected chi connectivity index (χ3v) is 7.46. The van der Waals surface area contributed by atoms with Crippen LogP contribution < -0.4 is 19.1 Å². The highest BCUT2D eigenvalue weighted by atomic mass is 32.2. The lowest BCUT2D eigenvalue weighted by Gasteiger charge is -2.25. The predicted octanol–water partition coefficient (Wildman–Crippen LogP) is 4.22. The fourth-order valence-electron chi connectivity index (χ4n) is 3.47. The van der Waals surface area contributed by atoms with Crippen LogP contribution in [-0.4, -0.2) is 35.1 Å². The number of ether oxygens (including phenoxy) is 2. The van der Waals surface area contributed by atoms with Gasteiger partial charge in [0.1, 0.15) is 11.5 Å². The first kappa shape index (κ1) is 25.1. The molecular weight excluding hydrogens is 452 g/mol. The number of methoxy groups -OCH3 is 2. The number of amides is 1.